The molecule has 1 aliphatic heterocycles. The van der Waals surface area contributed by atoms with Gasteiger partial charge in [0.2, 0.25) is 0 Å². The van der Waals surface area contributed by atoms with Gasteiger partial charge in [0.1, 0.15) is 5.52 Å². The van der Waals surface area contributed by atoms with Crippen LogP contribution in [-0.4, -0.2) is 33.6 Å². The lowest BCUT2D eigenvalue weighted by Gasteiger charge is -2.33. The van der Waals surface area contributed by atoms with Crippen LogP contribution in [0.3, 0.4) is 0 Å². The van der Waals surface area contributed by atoms with E-state index in [4.69, 9.17) is 11.6 Å². The molecular weight excluding hydrogens is 248 g/mol. The maximum absolute atomic E-state index is 5.86. The van der Waals surface area contributed by atoms with Crippen LogP contribution in [0.25, 0.3) is 5.52 Å². The molecule has 0 aromatic carbocycles. The number of hydrogen-bond donors (Lipinski definition) is 0. The average Bonchev–Trinajstić information content (AvgIpc) is 2.87. The van der Waals surface area contributed by atoms with Crippen molar-refractivity contribution in [2.45, 2.75) is 19.3 Å². The first kappa shape index (κ1) is 11.8. The van der Waals surface area contributed by atoms with Crippen molar-refractivity contribution in [1.29, 1.82) is 0 Å². The molecule has 18 heavy (non-hydrogen) atoms. The standard InChI is InChI=1S/C13H17ClN4/c14-5-3-11-2-1-8-17(10-11)13-12-4-6-16-18(12)9-7-15-13/h4,6-7,9,11H,1-3,5,8,10H2. The number of alkyl halides is 1. The summed E-state index contributed by atoms with van der Waals surface area (Å²) >= 11 is 5.86. The Morgan fingerprint density at radius 3 is 3.22 bits per heavy atom. The van der Waals surface area contributed by atoms with Crippen molar-refractivity contribution in [3.8, 4) is 0 Å². The molecule has 96 valence electrons. The second kappa shape index (κ2) is 5.14. The minimum absolute atomic E-state index is 0.696. The van der Waals surface area contributed by atoms with E-state index in [1.165, 1.54) is 12.8 Å². The molecule has 0 amide bonds. The van der Waals surface area contributed by atoms with Crippen molar-refractivity contribution in [2.75, 3.05) is 23.9 Å². The summed E-state index contributed by atoms with van der Waals surface area (Å²) in [6.45, 7) is 2.14. The Hall–Kier alpha value is -1.29. The number of piperidine rings is 1. The van der Waals surface area contributed by atoms with E-state index >= 15 is 0 Å². The molecule has 2 aromatic rings. The van der Waals surface area contributed by atoms with Crippen molar-refractivity contribution in [1.82, 2.24) is 14.6 Å². The second-order valence-corrected chi connectivity index (χ2v) is 5.22. The van der Waals surface area contributed by atoms with E-state index in [2.05, 4.69) is 15.0 Å². The van der Waals surface area contributed by atoms with E-state index in [-0.39, 0.29) is 0 Å². The zero-order chi connectivity index (χ0) is 12.4. The molecule has 2 aromatic heterocycles. The molecule has 3 heterocycles. The highest BCUT2D eigenvalue weighted by molar-refractivity contribution is 6.17. The van der Waals surface area contributed by atoms with Gasteiger partial charge in [-0.15, -0.1) is 11.6 Å². The van der Waals surface area contributed by atoms with Crippen molar-refractivity contribution < 1.29 is 0 Å². The summed E-state index contributed by atoms with van der Waals surface area (Å²) in [6.07, 6.45) is 9.13. The summed E-state index contributed by atoms with van der Waals surface area (Å²) in [5, 5.41) is 4.26. The zero-order valence-corrected chi connectivity index (χ0v) is 11.1. The third-order valence-electron chi connectivity index (χ3n) is 3.64. The van der Waals surface area contributed by atoms with Gasteiger partial charge in [-0.1, -0.05) is 0 Å². The van der Waals surface area contributed by atoms with E-state index in [0.717, 1.165) is 36.7 Å². The minimum Gasteiger partial charge on any atom is -0.355 e. The zero-order valence-electron chi connectivity index (χ0n) is 10.3. The minimum atomic E-state index is 0.696. The molecule has 1 fully saturated rings. The molecule has 0 saturated carbocycles. The van der Waals surface area contributed by atoms with Gasteiger partial charge in [-0.2, -0.15) is 5.10 Å². The van der Waals surface area contributed by atoms with Crippen LogP contribution in [0.4, 0.5) is 5.82 Å². The summed E-state index contributed by atoms with van der Waals surface area (Å²) in [5.41, 5.74) is 1.09. The second-order valence-electron chi connectivity index (χ2n) is 4.84. The van der Waals surface area contributed by atoms with Crippen molar-refractivity contribution in [3.63, 3.8) is 0 Å². The highest BCUT2D eigenvalue weighted by Crippen LogP contribution is 2.26. The fourth-order valence-corrected chi connectivity index (χ4v) is 3.04. The Morgan fingerprint density at radius 1 is 1.39 bits per heavy atom. The van der Waals surface area contributed by atoms with Gasteiger partial charge in [-0.3, -0.25) is 0 Å². The number of rotatable bonds is 3. The Labute approximate surface area is 112 Å². The van der Waals surface area contributed by atoms with Gasteiger partial charge in [0, 0.05) is 31.4 Å². The molecule has 5 heteroatoms. The maximum atomic E-state index is 5.86. The summed E-state index contributed by atoms with van der Waals surface area (Å²) in [5.74, 6) is 2.50. The number of fused-ring (bicyclic) bond motifs is 1. The van der Waals surface area contributed by atoms with Gasteiger partial charge in [0.15, 0.2) is 5.82 Å². The molecular formula is C13H17ClN4. The SMILES string of the molecule is ClCCC1CCCN(c2nccn3nccc23)C1. The molecule has 1 unspecified atom stereocenters. The van der Waals surface area contributed by atoms with E-state index in [9.17, 15) is 0 Å². The molecule has 1 atom stereocenters. The van der Waals surface area contributed by atoms with E-state index < -0.39 is 0 Å². The van der Waals surface area contributed by atoms with Crippen LogP contribution in [0.1, 0.15) is 19.3 Å². The highest BCUT2D eigenvalue weighted by atomic mass is 35.5. The van der Waals surface area contributed by atoms with Crippen LogP contribution >= 0.6 is 11.6 Å². The van der Waals surface area contributed by atoms with Gasteiger partial charge < -0.3 is 4.90 Å². The molecule has 0 aliphatic carbocycles. The van der Waals surface area contributed by atoms with E-state index in [1.807, 2.05) is 29.2 Å². The molecule has 1 aliphatic rings. The lowest BCUT2D eigenvalue weighted by Crippen LogP contribution is -2.36. The summed E-state index contributed by atoms with van der Waals surface area (Å²) < 4.78 is 1.88. The maximum Gasteiger partial charge on any atom is 0.154 e. The van der Waals surface area contributed by atoms with Crippen LogP contribution in [0.5, 0.6) is 0 Å². The number of anilines is 1. The fourth-order valence-electron chi connectivity index (χ4n) is 2.73. The first-order valence-corrected chi connectivity index (χ1v) is 7.01. The Morgan fingerprint density at radius 2 is 2.33 bits per heavy atom. The third kappa shape index (κ3) is 2.17. The van der Waals surface area contributed by atoms with Gasteiger partial charge in [-0.05, 0) is 31.2 Å². The summed E-state index contributed by atoms with van der Waals surface area (Å²) in [7, 11) is 0. The molecule has 0 N–H and O–H groups in total. The normalized spacial score (nSPS) is 20.5. The smallest absolute Gasteiger partial charge is 0.154 e. The van der Waals surface area contributed by atoms with Crippen LogP contribution < -0.4 is 4.90 Å². The highest BCUT2D eigenvalue weighted by Gasteiger charge is 2.22. The predicted molar refractivity (Wildman–Crippen MR) is 73.3 cm³/mol. The van der Waals surface area contributed by atoms with Crippen LogP contribution in [0.2, 0.25) is 0 Å². The lowest BCUT2D eigenvalue weighted by molar-refractivity contribution is 0.405. The van der Waals surface area contributed by atoms with Gasteiger partial charge in [-0.25, -0.2) is 9.50 Å². The number of nitrogens with zero attached hydrogens (tertiary/aromatic N) is 4. The van der Waals surface area contributed by atoms with Gasteiger partial charge in [0.25, 0.3) is 0 Å². The monoisotopic (exact) mass is 264 g/mol. The first-order chi connectivity index (χ1) is 8.88. The van der Waals surface area contributed by atoms with Crippen molar-refractivity contribution in [3.05, 3.63) is 24.7 Å². The van der Waals surface area contributed by atoms with Crippen LogP contribution in [-0.2, 0) is 0 Å². The van der Waals surface area contributed by atoms with Crippen LogP contribution in [0.15, 0.2) is 24.7 Å². The van der Waals surface area contributed by atoms with Crippen molar-refractivity contribution in [2.24, 2.45) is 5.92 Å². The number of hydrogen-bond acceptors (Lipinski definition) is 3. The topological polar surface area (TPSA) is 33.4 Å². The molecule has 0 bridgehead atoms. The van der Waals surface area contributed by atoms with Crippen LogP contribution in [0, 0.1) is 5.92 Å². The van der Waals surface area contributed by atoms with Gasteiger partial charge >= 0.3 is 0 Å². The van der Waals surface area contributed by atoms with E-state index in [0.29, 0.717) is 5.92 Å². The Bertz CT molecular complexity index is 522. The number of halogens is 1. The largest absolute Gasteiger partial charge is 0.355 e. The lowest BCUT2D eigenvalue weighted by atomic mass is 9.95. The molecule has 0 spiro atoms. The Balaban J connectivity index is 1.87. The van der Waals surface area contributed by atoms with Gasteiger partial charge in [0.05, 0.1) is 6.20 Å². The van der Waals surface area contributed by atoms with E-state index in [1.54, 1.807) is 0 Å². The predicted octanol–water partition coefficient (Wildman–Crippen LogP) is 2.57. The average molecular weight is 265 g/mol. The quantitative estimate of drug-likeness (QED) is 0.799. The molecule has 0 radical (unpaired) electrons. The first-order valence-electron chi connectivity index (χ1n) is 6.48. The Kier molecular flexibility index (Phi) is 3.37. The molecule has 3 rings (SSSR count). The van der Waals surface area contributed by atoms with Crippen molar-refractivity contribution >= 4 is 22.9 Å². The number of aromatic nitrogens is 3. The molecule has 1 saturated heterocycles. The summed E-state index contributed by atoms with van der Waals surface area (Å²) in [4.78, 5) is 6.90. The fraction of sp³-hybridized carbons (Fsp3) is 0.538. The third-order valence-corrected chi connectivity index (χ3v) is 3.86. The molecule has 4 nitrogen and oxygen atoms in total. The summed E-state index contributed by atoms with van der Waals surface area (Å²) in [6, 6.07) is 2.02.